The highest BCUT2D eigenvalue weighted by atomic mass is 16.1. The van der Waals surface area contributed by atoms with Crippen molar-refractivity contribution in [2.24, 2.45) is 0 Å². The van der Waals surface area contributed by atoms with Gasteiger partial charge in [-0.15, -0.1) is 0 Å². The predicted molar refractivity (Wildman–Crippen MR) is 86.8 cm³/mol. The van der Waals surface area contributed by atoms with Gasteiger partial charge < -0.3 is 10.3 Å². The van der Waals surface area contributed by atoms with Crippen molar-refractivity contribution in [3.05, 3.63) is 35.5 Å². The highest BCUT2D eigenvalue weighted by molar-refractivity contribution is 5.97. The molecule has 0 spiro atoms. The van der Waals surface area contributed by atoms with Gasteiger partial charge in [-0.25, -0.2) is 0 Å². The van der Waals surface area contributed by atoms with Crippen LogP contribution in [0.15, 0.2) is 24.4 Å². The Balaban J connectivity index is 1.75. The standard InChI is InChI=1S/C17H18N4O/c1-2-3-15(22)19-11-5-7-12-13-6-4-10-9-18-21-16(10)17(13)20-14(12)8-11/h5,7-9,20H,2-4,6H2,1H3,(H,18,21)(H,19,22). The molecule has 0 unspecified atom stereocenters. The molecule has 0 aliphatic heterocycles. The van der Waals surface area contributed by atoms with Gasteiger partial charge in [-0.3, -0.25) is 9.89 Å². The fourth-order valence-corrected chi connectivity index (χ4v) is 3.23. The minimum absolute atomic E-state index is 0.0639. The SMILES string of the molecule is CCCC(=O)Nc1ccc2c3c([nH]c2c1)-c1[nH]ncc1CC3. The number of hydrogen-bond acceptors (Lipinski definition) is 2. The Morgan fingerprint density at radius 3 is 3.09 bits per heavy atom. The number of rotatable bonds is 3. The average molecular weight is 294 g/mol. The number of fused-ring (bicyclic) bond motifs is 5. The lowest BCUT2D eigenvalue weighted by Crippen LogP contribution is -2.10. The molecule has 0 bridgehead atoms. The number of aromatic nitrogens is 3. The van der Waals surface area contributed by atoms with Crippen molar-refractivity contribution in [2.45, 2.75) is 32.6 Å². The molecule has 22 heavy (non-hydrogen) atoms. The van der Waals surface area contributed by atoms with E-state index in [0.717, 1.165) is 41.9 Å². The first-order chi connectivity index (χ1) is 10.8. The van der Waals surface area contributed by atoms with Crippen LogP contribution >= 0.6 is 0 Å². The van der Waals surface area contributed by atoms with E-state index in [0.29, 0.717) is 6.42 Å². The van der Waals surface area contributed by atoms with Crippen molar-refractivity contribution in [1.82, 2.24) is 15.2 Å². The van der Waals surface area contributed by atoms with Gasteiger partial charge in [0.05, 0.1) is 17.6 Å². The van der Waals surface area contributed by atoms with Gasteiger partial charge in [0.15, 0.2) is 0 Å². The van der Waals surface area contributed by atoms with Crippen LogP contribution in [-0.2, 0) is 17.6 Å². The van der Waals surface area contributed by atoms with Gasteiger partial charge in [0.2, 0.25) is 5.91 Å². The maximum atomic E-state index is 11.7. The van der Waals surface area contributed by atoms with E-state index in [4.69, 9.17) is 0 Å². The van der Waals surface area contributed by atoms with E-state index in [2.05, 4.69) is 26.6 Å². The van der Waals surface area contributed by atoms with Crippen molar-refractivity contribution >= 4 is 22.5 Å². The number of nitrogens with one attached hydrogen (secondary N) is 3. The van der Waals surface area contributed by atoms with E-state index in [-0.39, 0.29) is 5.91 Å². The Morgan fingerprint density at radius 1 is 1.32 bits per heavy atom. The van der Waals surface area contributed by atoms with Gasteiger partial charge in [0.25, 0.3) is 0 Å². The first kappa shape index (κ1) is 13.1. The molecule has 2 heterocycles. The van der Waals surface area contributed by atoms with E-state index in [1.54, 1.807) is 0 Å². The topological polar surface area (TPSA) is 73.6 Å². The number of anilines is 1. The lowest BCUT2D eigenvalue weighted by atomic mass is 9.94. The van der Waals surface area contributed by atoms with Crippen LogP contribution in [0.5, 0.6) is 0 Å². The minimum atomic E-state index is 0.0639. The Morgan fingerprint density at radius 2 is 2.23 bits per heavy atom. The highest BCUT2D eigenvalue weighted by Crippen LogP contribution is 2.36. The summed E-state index contributed by atoms with van der Waals surface area (Å²) in [5, 5.41) is 11.4. The van der Waals surface area contributed by atoms with Gasteiger partial charge in [-0.2, -0.15) is 5.10 Å². The molecular weight excluding hydrogens is 276 g/mol. The number of aryl methyl sites for hydroxylation is 2. The van der Waals surface area contributed by atoms with Crippen LogP contribution in [-0.4, -0.2) is 21.1 Å². The van der Waals surface area contributed by atoms with Crippen molar-refractivity contribution < 1.29 is 4.79 Å². The van der Waals surface area contributed by atoms with Crippen LogP contribution in [0.2, 0.25) is 0 Å². The summed E-state index contributed by atoms with van der Waals surface area (Å²) >= 11 is 0. The second-order valence-electron chi connectivity index (χ2n) is 5.81. The van der Waals surface area contributed by atoms with E-state index in [9.17, 15) is 4.79 Å². The average Bonchev–Trinajstić information content (AvgIpc) is 3.10. The summed E-state index contributed by atoms with van der Waals surface area (Å²) in [6.45, 7) is 2.00. The van der Waals surface area contributed by atoms with Crippen molar-refractivity contribution in [2.75, 3.05) is 5.32 Å². The normalized spacial score (nSPS) is 13.0. The van der Waals surface area contributed by atoms with Gasteiger partial charge in [-0.05, 0) is 42.5 Å². The molecule has 0 radical (unpaired) electrons. The fourth-order valence-electron chi connectivity index (χ4n) is 3.23. The maximum Gasteiger partial charge on any atom is 0.224 e. The summed E-state index contributed by atoms with van der Waals surface area (Å²) in [6.07, 6.45) is 5.34. The van der Waals surface area contributed by atoms with E-state index >= 15 is 0 Å². The molecule has 5 heteroatoms. The molecule has 1 aromatic carbocycles. The van der Waals surface area contributed by atoms with Crippen LogP contribution in [0, 0.1) is 0 Å². The zero-order chi connectivity index (χ0) is 15.1. The van der Waals surface area contributed by atoms with E-state index in [1.807, 2.05) is 25.3 Å². The molecule has 3 aromatic rings. The predicted octanol–water partition coefficient (Wildman–Crippen LogP) is 3.40. The zero-order valence-electron chi connectivity index (χ0n) is 12.5. The molecule has 0 atom stereocenters. The Labute approximate surface area is 128 Å². The van der Waals surface area contributed by atoms with Crippen LogP contribution in [0.3, 0.4) is 0 Å². The van der Waals surface area contributed by atoms with Crippen LogP contribution in [0.1, 0.15) is 30.9 Å². The summed E-state index contributed by atoms with van der Waals surface area (Å²) in [7, 11) is 0. The van der Waals surface area contributed by atoms with Gasteiger partial charge >= 0.3 is 0 Å². The summed E-state index contributed by atoms with van der Waals surface area (Å²) < 4.78 is 0. The van der Waals surface area contributed by atoms with Crippen LogP contribution in [0.4, 0.5) is 5.69 Å². The molecule has 0 saturated carbocycles. The number of carbonyl (C=O) groups is 1. The number of hydrogen-bond donors (Lipinski definition) is 3. The van der Waals surface area contributed by atoms with Gasteiger partial charge in [0.1, 0.15) is 0 Å². The molecule has 1 aliphatic carbocycles. The molecule has 4 rings (SSSR count). The molecule has 0 saturated heterocycles. The third-order valence-electron chi connectivity index (χ3n) is 4.28. The van der Waals surface area contributed by atoms with Gasteiger partial charge in [0, 0.05) is 23.0 Å². The smallest absolute Gasteiger partial charge is 0.224 e. The molecule has 1 aliphatic rings. The number of benzene rings is 1. The molecule has 3 N–H and O–H groups in total. The second kappa shape index (κ2) is 5.02. The number of nitrogens with zero attached hydrogens (tertiary/aromatic N) is 1. The summed E-state index contributed by atoms with van der Waals surface area (Å²) in [4.78, 5) is 15.2. The Hall–Kier alpha value is -2.56. The lowest BCUT2D eigenvalue weighted by Gasteiger charge is -2.11. The Bertz CT molecular complexity index is 859. The maximum absolute atomic E-state index is 11.7. The number of aromatic amines is 2. The van der Waals surface area contributed by atoms with Crippen LogP contribution < -0.4 is 5.32 Å². The first-order valence-electron chi connectivity index (χ1n) is 7.73. The summed E-state index contributed by atoms with van der Waals surface area (Å²) in [6, 6.07) is 6.08. The number of H-pyrrole nitrogens is 2. The Kier molecular flexibility index (Phi) is 2.99. The quantitative estimate of drug-likeness (QED) is 0.692. The monoisotopic (exact) mass is 294 g/mol. The fraction of sp³-hybridized carbons (Fsp3) is 0.294. The third kappa shape index (κ3) is 2.01. The van der Waals surface area contributed by atoms with Gasteiger partial charge in [-0.1, -0.05) is 13.0 Å². The second-order valence-corrected chi connectivity index (χ2v) is 5.81. The summed E-state index contributed by atoms with van der Waals surface area (Å²) in [5.74, 6) is 0.0639. The number of amides is 1. The number of carbonyl (C=O) groups excluding carboxylic acids is 1. The van der Waals surface area contributed by atoms with Crippen molar-refractivity contribution in [3.63, 3.8) is 0 Å². The summed E-state index contributed by atoms with van der Waals surface area (Å²) in [5.41, 5.74) is 6.71. The molecule has 112 valence electrons. The van der Waals surface area contributed by atoms with E-state index < -0.39 is 0 Å². The molecular formula is C17H18N4O. The van der Waals surface area contributed by atoms with E-state index in [1.165, 1.54) is 16.5 Å². The molecule has 0 fully saturated rings. The van der Waals surface area contributed by atoms with Crippen molar-refractivity contribution in [3.8, 4) is 11.4 Å². The molecule has 1 amide bonds. The minimum Gasteiger partial charge on any atom is -0.353 e. The zero-order valence-corrected chi connectivity index (χ0v) is 12.5. The lowest BCUT2D eigenvalue weighted by molar-refractivity contribution is -0.116. The molecule has 5 nitrogen and oxygen atoms in total. The largest absolute Gasteiger partial charge is 0.353 e. The third-order valence-corrected chi connectivity index (χ3v) is 4.28. The highest BCUT2D eigenvalue weighted by Gasteiger charge is 2.22. The van der Waals surface area contributed by atoms with Crippen LogP contribution in [0.25, 0.3) is 22.3 Å². The first-order valence-corrected chi connectivity index (χ1v) is 7.73. The van der Waals surface area contributed by atoms with Crippen molar-refractivity contribution in [1.29, 1.82) is 0 Å². The molecule has 2 aromatic heterocycles.